The molecule has 4 rings (SSSR count). The smallest absolute Gasteiger partial charge is 0.0795 e. The van der Waals surface area contributed by atoms with Gasteiger partial charge in [0.05, 0.1) is 7.57 Å². The van der Waals surface area contributed by atoms with Crippen LogP contribution in [0.1, 0.15) is 0 Å². The zero-order valence-electron chi connectivity index (χ0n) is 9.52. The van der Waals surface area contributed by atoms with Crippen LogP contribution in [-0.4, -0.2) is 9.97 Å². The van der Waals surface area contributed by atoms with Crippen LogP contribution in [-0.2, 0) is 0 Å². The van der Waals surface area contributed by atoms with Crippen LogP contribution < -0.4 is 0 Å². The Morgan fingerprint density at radius 3 is 1.68 bits per heavy atom. The number of benzene rings is 1. The van der Waals surface area contributed by atoms with Gasteiger partial charge in [-0.3, -0.25) is 9.97 Å². The Morgan fingerprint density at radius 1 is 0.737 bits per heavy atom. The summed E-state index contributed by atoms with van der Waals surface area (Å²) in [6.07, 6.45) is 7.50. The molecule has 19 heavy (non-hydrogen) atoms. The summed E-state index contributed by atoms with van der Waals surface area (Å²) in [5, 5.41) is 7.19. The fourth-order valence-electron chi connectivity index (χ4n) is 2.51. The van der Waals surface area contributed by atoms with Crippen molar-refractivity contribution in [2.45, 2.75) is 0 Å². The first-order valence-corrected chi connectivity index (χ1v) is 8.04. The summed E-state index contributed by atoms with van der Waals surface area (Å²) in [5.41, 5.74) is 0. The molecule has 1 aromatic carbocycles. The van der Waals surface area contributed by atoms with Crippen molar-refractivity contribution in [1.29, 1.82) is 0 Å². The van der Waals surface area contributed by atoms with Gasteiger partial charge in [-0.2, -0.15) is 0 Å². The normalized spacial score (nSPS) is 11.7. The fraction of sp³-hybridized carbons (Fsp3) is 0. The maximum absolute atomic E-state index is 4.25. The van der Waals surface area contributed by atoms with Crippen LogP contribution in [0.15, 0.2) is 44.5 Å². The van der Waals surface area contributed by atoms with Crippen molar-refractivity contribution in [3.05, 3.63) is 44.5 Å². The molecule has 3 aromatic heterocycles. The van der Waals surface area contributed by atoms with Crippen LogP contribution in [0, 0.1) is 0 Å². The minimum absolute atomic E-state index is 1.14. The predicted molar refractivity (Wildman–Crippen MR) is 87.8 cm³/mol. The minimum atomic E-state index is 1.14. The monoisotopic (exact) mass is 392 g/mol. The Bertz CT molecular complexity index is 871. The molecule has 0 N–H and O–H groups in total. The minimum Gasteiger partial charge on any atom is -0.264 e. The second-order valence-corrected chi connectivity index (χ2v) is 7.90. The summed E-state index contributed by atoms with van der Waals surface area (Å²) < 4.78 is 2.29. The van der Waals surface area contributed by atoms with E-state index in [2.05, 4.69) is 54.0 Å². The fourth-order valence-corrected chi connectivity index (χ4v) is 5.74. The Balaban J connectivity index is 2.49. The molecule has 4 aromatic rings. The van der Waals surface area contributed by atoms with Crippen molar-refractivity contribution in [1.82, 2.24) is 9.97 Å². The average molecular weight is 394 g/mol. The van der Waals surface area contributed by atoms with E-state index in [1.54, 1.807) is 11.3 Å². The lowest BCUT2D eigenvalue weighted by Crippen LogP contribution is -1.83. The number of thiophene rings is 1. The van der Waals surface area contributed by atoms with E-state index < -0.39 is 0 Å². The highest BCUT2D eigenvalue weighted by Gasteiger charge is 2.15. The number of halogens is 2. The lowest BCUT2D eigenvalue weighted by atomic mass is 10.0. The molecule has 0 unspecified atom stereocenters. The molecule has 0 saturated heterocycles. The zero-order chi connectivity index (χ0) is 13.0. The Hall–Kier alpha value is -1.04. The zero-order valence-corrected chi connectivity index (χ0v) is 13.5. The number of hydrogen-bond acceptors (Lipinski definition) is 3. The van der Waals surface area contributed by atoms with Crippen molar-refractivity contribution < 1.29 is 0 Å². The first kappa shape index (κ1) is 11.8. The third-order valence-corrected chi connectivity index (χ3v) is 5.82. The molecule has 3 heterocycles. The summed E-state index contributed by atoms with van der Waals surface area (Å²) in [6, 6.07) is 4.13. The van der Waals surface area contributed by atoms with Crippen molar-refractivity contribution in [3.8, 4) is 0 Å². The van der Waals surface area contributed by atoms with Gasteiger partial charge in [-0.15, -0.1) is 11.3 Å². The SMILES string of the molecule is Brc1sc(Br)c2c3ccncc3c3cnccc3c12. The molecule has 92 valence electrons. The number of rotatable bonds is 0. The molecule has 0 atom stereocenters. The molecular formula is C14H6Br2N2S. The van der Waals surface area contributed by atoms with Crippen LogP contribution in [0.3, 0.4) is 0 Å². The van der Waals surface area contributed by atoms with E-state index in [0.29, 0.717) is 0 Å². The van der Waals surface area contributed by atoms with Crippen LogP contribution >= 0.6 is 43.2 Å². The van der Waals surface area contributed by atoms with Crippen LogP contribution in [0.5, 0.6) is 0 Å². The van der Waals surface area contributed by atoms with Gasteiger partial charge in [0.25, 0.3) is 0 Å². The van der Waals surface area contributed by atoms with Crippen LogP contribution in [0.25, 0.3) is 32.3 Å². The second-order valence-electron chi connectivity index (χ2n) is 4.24. The second kappa shape index (κ2) is 4.23. The number of hydrogen-bond donors (Lipinski definition) is 0. The molecule has 0 aliphatic rings. The summed E-state index contributed by atoms with van der Waals surface area (Å²) in [5.74, 6) is 0. The van der Waals surface area contributed by atoms with Gasteiger partial charge in [0.15, 0.2) is 0 Å². The highest BCUT2D eigenvalue weighted by molar-refractivity contribution is 9.12. The summed E-state index contributed by atoms with van der Waals surface area (Å²) in [4.78, 5) is 8.51. The van der Waals surface area contributed by atoms with Crippen molar-refractivity contribution in [2.24, 2.45) is 0 Å². The molecule has 0 spiro atoms. The first-order chi connectivity index (χ1) is 9.27. The Kier molecular flexibility index (Phi) is 2.62. The number of nitrogens with zero attached hydrogens (tertiary/aromatic N) is 2. The van der Waals surface area contributed by atoms with Gasteiger partial charge in [0.2, 0.25) is 0 Å². The quantitative estimate of drug-likeness (QED) is 0.367. The van der Waals surface area contributed by atoms with E-state index in [9.17, 15) is 0 Å². The maximum Gasteiger partial charge on any atom is 0.0795 e. The number of fused-ring (bicyclic) bond motifs is 6. The molecular weight excluding hydrogens is 388 g/mol. The van der Waals surface area contributed by atoms with Crippen molar-refractivity contribution in [2.75, 3.05) is 0 Å². The van der Waals surface area contributed by atoms with Gasteiger partial charge >= 0.3 is 0 Å². The lowest BCUT2D eigenvalue weighted by molar-refractivity contribution is 1.35. The van der Waals surface area contributed by atoms with Crippen LogP contribution in [0.2, 0.25) is 0 Å². The maximum atomic E-state index is 4.25. The van der Waals surface area contributed by atoms with Gasteiger partial charge in [-0.1, -0.05) is 0 Å². The first-order valence-electron chi connectivity index (χ1n) is 5.64. The van der Waals surface area contributed by atoms with E-state index in [1.807, 2.05) is 24.8 Å². The molecule has 0 bridgehead atoms. The molecule has 2 nitrogen and oxygen atoms in total. The number of aromatic nitrogens is 2. The lowest BCUT2D eigenvalue weighted by Gasteiger charge is -2.06. The molecule has 0 aliphatic carbocycles. The topological polar surface area (TPSA) is 25.8 Å². The van der Waals surface area contributed by atoms with Gasteiger partial charge < -0.3 is 0 Å². The standard InChI is InChI=1S/C14H6Br2N2S/c15-13-11-7-1-3-17-5-9(7)10-6-18-4-2-8(10)12(11)14(16)19-13/h1-6H. The van der Waals surface area contributed by atoms with E-state index in [4.69, 9.17) is 0 Å². The van der Waals surface area contributed by atoms with Crippen molar-refractivity contribution in [3.63, 3.8) is 0 Å². The van der Waals surface area contributed by atoms with E-state index in [-0.39, 0.29) is 0 Å². The van der Waals surface area contributed by atoms with Gasteiger partial charge in [0.1, 0.15) is 0 Å². The summed E-state index contributed by atoms with van der Waals surface area (Å²) in [6.45, 7) is 0. The Labute approximate surface area is 129 Å². The molecule has 5 heteroatoms. The van der Waals surface area contributed by atoms with Gasteiger partial charge in [-0.05, 0) is 54.8 Å². The third-order valence-electron chi connectivity index (χ3n) is 3.29. The van der Waals surface area contributed by atoms with E-state index in [1.165, 1.54) is 21.5 Å². The third kappa shape index (κ3) is 1.58. The predicted octanol–water partition coefficient (Wildman–Crippen LogP) is 5.52. The van der Waals surface area contributed by atoms with E-state index in [0.717, 1.165) is 18.3 Å². The van der Waals surface area contributed by atoms with Crippen molar-refractivity contribution >= 4 is 75.5 Å². The van der Waals surface area contributed by atoms with Crippen LogP contribution in [0.4, 0.5) is 0 Å². The van der Waals surface area contributed by atoms with Gasteiger partial charge in [0, 0.05) is 46.3 Å². The highest BCUT2D eigenvalue weighted by Crippen LogP contribution is 2.46. The highest BCUT2D eigenvalue weighted by atomic mass is 79.9. The molecule has 0 saturated carbocycles. The largest absolute Gasteiger partial charge is 0.264 e. The van der Waals surface area contributed by atoms with E-state index >= 15 is 0 Å². The Morgan fingerprint density at radius 2 is 1.21 bits per heavy atom. The molecule has 0 radical (unpaired) electrons. The van der Waals surface area contributed by atoms with Gasteiger partial charge in [-0.25, -0.2) is 0 Å². The molecule has 0 amide bonds. The number of pyridine rings is 2. The summed E-state index contributed by atoms with van der Waals surface area (Å²) in [7, 11) is 0. The summed E-state index contributed by atoms with van der Waals surface area (Å²) >= 11 is 9.06. The average Bonchev–Trinajstić information content (AvgIpc) is 2.75. The molecule has 0 fully saturated rings. The molecule has 0 aliphatic heterocycles.